The highest BCUT2D eigenvalue weighted by Crippen LogP contribution is 2.23. The van der Waals surface area contributed by atoms with Gasteiger partial charge in [-0.25, -0.2) is 4.79 Å². The van der Waals surface area contributed by atoms with Crippen molar-refractivity contribution < 1.29 is 14.3 Å². The molecule has 5 heteroatoms. The zero-order valence-corrected chi connectivity index (χ0v) is 14.2. The number of nitriles is 1. The monoisotopic (exact) mass is 316 g/mol. The quantitative estimate of drug-likeness (QED) is 0.641. The van der Waals surface area contributed by atoms with Crippen LogP contribution >= 0.6 is 0 Å². The first kappa shape index (κ1) is 18.7. The van der Waals surface area contributed by atoms with Gasteiger partial charge < -0.3 is 10.1 Å². The van der Waals surface area contributed by atoms with Crippen LogP contribution in [0.1, 0.15) is 56.5 Å². The van der Waals surface area contributed by atoms with Crippen LogP contribution in [0.15, 0.2) is 24.3 Å². The molecule has 0 spiro atoms. The average molecular weight is 316 g/mol. The van der Waals surface area contributed by atoms with Crippen LogP contribution in [-0.4, -0.2) is 24.5 Å². The molecule has 0 aliphatic carbocycles. The lowest BCUT2D eigenvalue weighted by Gasteiger charge is -2.30. The summed E-state index contributed by atoms with van der Waals surface area (Å²) in [6, 6.07) is 7.69. The van der Waals surface area contributed by atoms with Crippen molar-refractivity contribution in [2.75, 3.05) is 6.61 Å². The number of ketones is 1. The van der Waals surface area contributed by atoms with Crippen LogP contribution in [0.25, 0.3) is 0 Å². The van der Waals surface area contributed by atoms with Gasteiger partial charge in [-0.1, -0.05) is 46.2 Å². The maximum absolute atomic E-state index is 12.7. The van der Waals surface area contributed by atoms with Gasteiger partial charge in [-0.2, -0.15) is 5.26 Å². The maximum Gasteiger partial charge on any atom is 0.407 e. The molecule has 0 bridgehead atoms. The van der Waals surface area contributed by atoms with Gasteiger partial charge in [0.25, 0.3) is 0 Å². The van der Waals surface area contributed by atoms with E-state index < -0.39 is 17.6 Å². The minimum absolute atomic E-state index is 0.200. The lowest BCUT2D eigenvalue weighted by Crippen LogP contribution is -2.49. The first-order valence-electron chi connectivity index (χ1n) is 7.77. The van der Waals surface area contributed by atoms with Crippen LogP contribution in [0.3, 0.4) is 0 Å². The number of nitrogens with one attached hydrogen (secondary N) is 1. The van der Waals surface area contributed by atoms with Crippen LogP contribution in [-0.2, 0) is 4.74 Å². The molecule has 1 atom stereocenters. The molecule has 0 saturated carbocycles. The number of unbranched alkanes of at least 4 members (excludes halogenated alkanes) is 1. The molecule has 1 amide bonds. The van der Waals surface area contributed by atoms with E-state index in [1.807, 2.05) is 33.8 Å². The second-order valence-corrected chi connectivity index (χ2v) is 6.49. The summed E-state index contributed by atoms with van der Waals surface area (Å²) in [5, 5.41) is 11.5. The van der Waals surface area contributed by atoms with Gasteiger partial charge in [0.05, 0.1) is 18.2 Å². The molecule has 1 unspecified atom stereocenters. The molecule has 5 nitrogen and oxygen atoms in total. The summed E-state index contributed by atoms with van der Waals surface area (Å²) in [6.45, 7) is 7.99. The van der Waals surface area contributed by atoms with Crippen LogP contribution < -0.4 is 5.32 Å². The van der Waals surface area contributed by atoms with E-state index in [2.05, 4.69) is 5.32 Å². The predicted octanol–water partition coefficient (Wildman–Crippen LogP) is 3.68. The molecule has 1 aromatic carbocycles. The van der Waals surface area contributed by atoms with Crippen molar-refractivity contribution >= 4 is 11.9 Å². The van der Waals surface area contributed by atoms with Crippen molar-refractivity contribution in [3.05, 3.63) is 35.4 Å². The third-order valence-electron chi connectivity index (χ3n) is 3.42. The topological polar surface area (TPSA) is 79.2 Å². The Morgan fingerprint density at radius 3 is 2.35 bits per heavy atom. The molecular weight excluding hydrogens is 292 g/mol. The molecular formula is C18H24N2O3. The number of alkyl carbamates (subject to hydrolysis) is 1. The second kappa shape index (κ2) is 8.33. The van der Waals surface area contributed by atoms with Crippen molar-refractivity contribution in [1.82, 2.24) is 5.32 Å². The van der Waals surface area contributed by atoms with Gasteiger partial charge in [0.15, 0.2) is 5.78 Å². The van der Waals surface area contributed by atoms with Gasteiger partial charge in [0.2, 0.25) is 0 Å². The fraction of sp³-hybridized carbons (Fsp3) is 0.500. The Bertz CT molecular complexity index is 580. The first-order chi connectivity index (χ1) is 10.8. The summed E-state index contributed by atoms with van der Waals surface area (Å²) >= 11 is 0. The number of hydrogen-bond acceptors (Lipinski definition) is 4. The average Bonchev–Trinajstić information content (AvgIpc) is 2.51. The number of Topliss-reactive ketones (excluding diaryl/α,β-unsaturated/α-hetero) is 1. The van der Waals surface area contributed by atoms with E-state index in [0.29, 0.717) is 17.7 Å². The van der Waals surface area contributed by atoms with Crippen LogP contribution in [0, 0.1) is 16.7 Å². The lowest BCUT2D eigenvalue weighted by atomic mass is 9.82. The Morgan fingerprint density at radius 1 is 1.26 bits per heavy atom. The van der Waals surface area contributed by atoms with Gasteiger partial charge in [-0.05, 0) is 24.0 Å². The molecule has 23 heavy (non-hydrogen) atoms. The number of carbonyl (C=O) groups is 2. The lowest BCUT2D eigenvalue weighted by molar-refractivity contribution is 0.0832. The summed E-state index contributed by atoms with van der Waals surface area (Å²) in [5.41, 5.74) is 0.480. The summed E-state index contributed by atoms with van der Waals surface area (Å²) < 4.78 is 5.09. The number of ether oxygens (including phenoxy) is 1. The summed E-state index contributed by atoms with van der Waals surface area (Å²) in [4.78, 5) is 24.6. The van der Waals surface area contributed by atoms with Crippen molar-refractivity contribution in [1.29, 1.82) is 5.26 Å². The Morgan fingerprint density at radius 2 is 1.87 bits per heavy atom. The Balaban J connectivity index is 2.87. The fourth-order valence-corrected chi connectivity index (χ4v) is 2.02. The van der Waals surface area contributed by atoms with E-state index in [4.69, 9.17) is 10.00 Å². The summed E-state index contributed by atoms with van der Waals surface area (Å²) in [6.07, 6.45) is 1.14. The Kier molecular flexibility index (Phi) is 6.77. The van der Waals surface area contributed by atoms with Crippen molar-refractivity contribution in [3.63, 3.8) is 0 Å². The van der Waals surface area contributed by atoms with E-state index in [9.17, 15) is 9.59 Å². The molecule has 1 N–H and O–H groups in total. The molecule has 124 valence electrons. The zero-order valence-electron chi connectivity index (χ0n) is 14.2. The van der Waals surface area contributed by atoms with E-state index in [0.717, 1.165) is 12.8 Å². The SMILES string of the molecule is CCCCOC(=O)NC(C(=O)c1ccc(C#N)cc1)C(C)(C)C. The third kappa shape index (κ3) is 5.74. The highest BCUT2D eigenvalue weighted by Gasteiger charge is 2.33. The maximum atomic E-state index is 12.7. The number of amides is 1. The standard InChI is InChI=1S/C18H24N2O3/c1-5-6-11-23-17(22)20-16(18(2,3)4)15(21)14-9-7-13(12-19)8-10-14/h7-10,16H,5-6,11H2,1-4H3,(H,20,22). The summed E-state index contributed by atoms with van der Waals surface area (Å²) in [7, 11) is 0. The molecule has 0 heterocycles. The van der Waals surface area contributed by atoms with Crippen LogP contribution in [0.4, 0.5) is 4.79 Å². The second-order valence-electron chi connectivity index (χ2n) is 6.49. The van der Waals surface area contributed by atoms with Gasteiger partial charge in [-0.3, -0.25) is 4.79 Å². The highest BCUT2D eigenvalue weighted by molar-refractivity contribution is 6.02. The Hall–Kier alpha value is -2.35. The van der Waals surface area contributed by atoms with Gasteiger partial charge in [0.1, 0.15) is 6.04 Å². The predicted molar refractivity (Wildman–Crippen MR) is 88.1 cm³/mol. The highest BCUT2D eigenvalue weighted by atomic mass is 16.5. The van der Waals surface area contributed by atoms with Gasteiger partial charge in [-0.15, -0.1) is 0 Å². The normalized spacial score (nSPS) is 12.1. The first-order valence-corrected chi connectivity index (χ1v) is 7.77. The molecule has 0 aromatic heterocycles. The molecule has 1 aromatic rings. The molecule has 1 rings (SSSR count). The molecule has 0 aliphatic heterocycles. The molecule has 0 saturated heterocycles. The largest absolute Gasteiger partial charge is 0.450 e. The number of hydrogen-bond donors (Lipinski definition) is 1. The Labute approximate surface area is 137 Å². The molecule has 0 radical (unpaired) electrons. The van der Waals surface area contributed by atoms with E-state index in [1.165, 1.54) is 0 Å². The molecule has 0 aliphatic rings. The van der Waals surface area contributed by atoms with Crippen LogP contribution in [0.5, 0.6) is 0 Å². The van der Waals surface area contributed by atoms with Crippen molar-refractivity contribution in [2.24, 2.45) is 5.41 Å². The number of rotatable bonds is 6. The third-order valence-corrected chi connectivity index (χ3v) is 3.42. The fourth-order valence-electron chi connectivity index (χ4n) is 2.02. The number of benzene rings is 1. The van der Waals surface area contributed by atoms with E-state index in [1.54, 1.807) is 24.3 Å². The van der Waals surface area contributed by atoms with Gasteiger partial charge in [0, 0.05) is 5.56 Å². The molecule has 0 fully saturated rings. The van der Waals surface area contributed by atoms with Crippen molar-refractivity contribution in [3.8, 4) is 6.07 Å². The number of nitrogens with zero attached hydrogens (tertiary/aromatic N) is 1. The number of carbonyl (C=O) groups excluding carboxylic acids is 2. The minimum atomic E-state index is -0.704. The van der Waals surface area contributed by atoms with Crippen LogP contribution in [0.2, 0.25) is 0 Å². The van der Waals surface area contributed by atoms with Gasteiger partial charge >= 0.3 is 6.09 Å². The smallest absolute Gasteiger partial charge is 0.407 e. The van der Waals surface area contributed by atoms with Crippen molar-refractivity contribution in [2.45, 2.75) is 46.6 Å². The minimum Gasteiger partial charge on any atom is -0.450 e. The van der Waals surface area contributed by atoms with E-state index >= 15 is 0 Å². The zero-order chi connectivity index (χ0) is 17.5. The summed E-state index contributed by atoms with van der Waals surface area (Å²) in [5.74, 6) is -0.200. The van der Waals surface area contributed by atoms with E-state index in [-0.39, 0.29) is 5.78 Å².